The number of hydrogen-bond acceptors (Lipinski definition) is 2. The first-order valence-corrected chi connectivity index (χ1v) is 4.86. The van der Waals surface area contributed by atoms with Crippen molar-refractivity contribution in [3.8, 4) is 0 Å². The van der Waals surface area contributed by atoms with Crippen LogP contribution in [0.25, 0.3) is 0 Å². The maximum Gasteiger partial charge on any atom is 0.313 e. The van der Waals surface area contributed by atoms with E-state index in [2.05, 4.69) is 6.92 Å². The third-order valence-electron chi connectivity index (χ3n) is 2.26. The molecule has 1 aliphatic rings. The number of hydrogen-bond donors (Lipinski definition) is 0. The van der Waals surface area contributed by atoms with E-state index in [1.807, 2.05) is 0 Å². The fourth-order valence-electron chi connectivity index (χ4n) is 1.46. The van der Waals surface area contributed by atoms with Crippen LogP contribution in [-0.4, -0.2) is 12.6 Å². The van der Waals surface area contributed by atoms with E-state index in [1.54, 1.807) is 0 Å². The summed E-state index contributed by atoms with van der Waals surface area (Å²) >= 11 is 0. The average molecular weight is 169 g/mol. The Labute approximate surface area is 74.3 Å². The number of cyclic esters (lactones) is 1. The van der Waals surface area contributed by atoms with Crippen LogP contribution in [0.5, 0.6) is 0 Å². The van der Waals surface area contributed by atoms with E-state index < -0.39 is 0 Å². The summed E-state index contributed by atoms with van der Waals surface area (Å²) in [5.74, 6) is 0.956. The van der Waals surface area contributed by atoms with Crippen LogP contribution < -0.4 is 0 Å². The van der Waals surface area contributed by atoms with Crippen LogP contribution in [0, 0.1) is 5.92 Å². The molecule has 0 aliphatic carbocycles. The van der Waals surface area contributed by atoms with Gasteiger partial charge in [-0.15, -0.1) is 0 Å². The minimum atomic E-state index is -0.0495. The van der Waals surface area contributed by atoms with E-state index in [0.717, 1.165) is 25.2 Å². The monoisotopic (exact) mass is 169 g/mol. The largest absolute Gasteiger partial charge is 0.465 e. The van der Waals surface area contributed by atoms with E-state index in [-0.39, 0.29) is 5.97 Å². The maximum absolute atomic E-state index is 11.0. The van der Waals surface area contributed by atoms with Gasteiger partial charge >= 0.3 is 5.97 Å². The second-order valence-corrected chi connectivity index (χ2v) is 3.30. The number of esters is 1. The highest BCUT2D eigenvalue weighted by Gasteiger charge is 2.26. The lowest BCUT2D eigenvalue weighted by Gasteiger charge is -2.02. The van der Waals surface area contributed by atoms with Crippen molar-refractivity contribution in [1.82, 2.24) is 0 Å². The second kappa shape index (κ2) is 5.18. The Balaban J connectivity index is 2.02. The van der Waals surface area contributed by atoms with Crippen LogP contribution in [0.15, 0.2) is 0 Å². The highest BCUT2D eigenvalue weighted by molar-refractivity contribution is 5.86. The van der Waals surface area contributed by atoms with E-state index in [0.29, 0.717) is 6.61 Å². The molecule has 1 heterocycles. The van der Waals surface area contributed by atoms with Gasteiger partial charge in [0.1, 0.15) is 0 Å². The van der Waals surface area contributed by atoms with Crippen molar-refractivity contribution in [2.24, 2.45) is 0 Å². The predicted octanol–water partition coefficient (Wildman–Crippen LogP) is 2.48. The lowest BCUT2D eigenvalue weighted by molar-refractivity contribution is -0.136. The molecule has 0 aromatic heterocycles. The van der Waals surface area contributed by atoms with Crippen molar-refractivity contribution in [1.29, 1.82) is 0 Å². The van der Waals surface area contributed by atoms with Crippen LogP contribution in [0.4, 0.5) is 0 Å². The Morgan fingerprint density at radius 2 is 2.17 bits per heavy atom. The van der Waals surface area contributed by atoms with Gasteiger partial charge in [-0.2, -0.15) is 0 Å². The average Bonchev–Trinajstić information content (AvgIpc) is 2.46. The standard InChI is InChI=1S/C10H17O2/c1-2-3-4-5-6-9-7-8-12-10(9)11/h2-8H2,1H3. The van der Waals surface area contributed by atoms with Crippen LogP contribution in [0.1, 0.15) is 45.4 Å². The van der Waals surface area contributed by atoms with Crippen LogP contribution in [-0.2, 0) is 9.53 Å². The van der Waals surface area contributed by atoms with Crippen molar-refractivity contribution in [2.75, 3.05) is 6.61 Å². The quantitative estimate of drug-likeness (QED) is 0.467. The Bertz CT molecular complexity index is 143. The van der Waals surface area contributed by atoms with Gasteiger partial charge in [-0.05, 0) is 12.8 Å². The lowest BCUT2D eigenvalue weighted by Crippen LogP contribution is -2.04. The molecule has 12 heavy (non-hydrogen) atoms. The summed E-state index contributed by atoms with van der Waals surface area (Å²) in [6, 6.07) is 0. The molecule has 69 valence electrons. The number of unbranched alkanes of at least 4 members (excludes halogenated alkanes) is 3. The fourth-order valence-corrected chi connectivity index (χ4v) is 1.46. The third kappa shape index (κ3) is 2.84. The number of carbonyl (C=O) groups excluding carboxylic acids is 1. The molecule has 1 radical (unpaired) electrons. The van der Waals surface area contributed by atoms with Crippen molar-refractivity contribution >= 4 is 5.97 Å². The molecule has 0 atom stereocenters. The lowest BCUT2D eigenvalue weighted by atomic mass is 10.00. The maximum atomic E-state index is 11.0. The van der Waals surface area contributed by atoms with E-state index >= 15 is 0 Å². The van der Waals surface area contributed by atoms with Gasteiger partial charge in [0.25, 0.3) is 0 Å². The molecule has 0 unspecified atom stereocenters. The molecule has 0 bridgehead atoms. The molecule has 0 saturated carbocycles. The van der Waals surface area contributed by atoms with Gasteiger partial charge < -0.3 is 4.74 Å². The first-order chi connectivity index (χ1) is 5.84. The molecule has 1 rings (SSSR count). The normalized spacial score (nSPS) is 18.2. The summed E-state index contributed by atoms with van der Waals surface area (Å²) in [4.78, 5) is 11.0. The summed E-state index contributed by atoms with van der Waals surface area (Å²) in [6.07, 6.45) is 6.75. The molecule has 2 heteroatoms. The van der Waals surface area contributed by atoms with Gasteiger partial charge in [0, 0.05) is 0 Å². The van der Waals surface area contributed by atoms with Gasteiger partial charge in [-0.3, -0.25) is 4.79 Å². The molecule has 0 N–H and O–H groups in total. The van der Waals surface area contributed by atoms with Gasteiger partial charge in [-0.1, -0.05) is 32.6 Å². The first kappa shape index (κ1) is 9.56. The van der Waals surface area contributed by atoms with Crippen molar-refractivity contribution < 1.29 is 9.53 Å². The summed E-state index contributed by atoms with van der Waals surface area (Å²) in [5, 5.41) is 0. The second-order valence-electron chi connectivity index (χ2n) is 3.30. The van der Waals surface area contributed by atoms with E-state index in [1.165, 1.54) is 19.3 Å². The molecular weight excluding hydrogens is 152 g/mol. The molecule has 1 saturated heterocycles. The van der Waals surface area contributed by atoms with Gasteiger partial charge in [0.2, 0.25) is 0 Å². The molecule has 0 amide bonds. The van der Waals surface area contributed by atoms with Gasteiger partial charge in [-0.25, -0.2) is 0 Å². The fraction of sp³-hybridized carbons (Fsp3) is 0.800. The van der Waals surface area contributed by atoms with Crippen molar-refractivity contribution in [3.63, 3.8) is 0 Å². The van der Waals surface area contributed by atoms with Gasteiger partial charge in [0.05, 0.1) is 12.5 Å². The van der Waals surface area contributed by atoms with Crippen LogP contribution >= 0.6 is 0 Å². The van der Waals surface area contributed by atoms with E-state index in [9.17, 15) is 4.79 Å². The zero-order valence-electron chi connectivity index (χ0n) is 7.77. The molecule has 0 aromatic rings. The van der Waals surface area contributed by atoms with Crippen LogP contribution in [0.3, 0.4) is 0 Å². The molecule has 2 nitrogen and oxygen atoms in total. The summed E-state index contributed by atoms with van der Waals surface area (Å²) in [6.45, 7) is 2.80. The molecule has 0 aromatic carbocycles. The summed E-state index contributed by atoms with van der Waals surface area (Å²) < 4.78 is 4.85. The number of rotatable bonds is 5. The van der Waals surface area contributed by atoms with Crippen LogP contribution in [0.2, 0.25) is 0 Å². The van der Waals surface area contributed by atoms with Crippen molar-refractivity contribution in [2.45, 2.75) is 45.4 Å². The third-order valence-corrected chi connectivity index (χ3v) is 2.26. The predicted molar refractivity (Wildman–Crippen MR) is 47.6 cm³/mol. The minimum absolute atomic E-state index is 0.0495. The molecule has 1 fully saturated rings. The highest BCUT2D eigenvalue weighted by Crippen LogP contribution is 2.23. The first-order valence-electron chi connectivity index (χ1n) is 4.86. The zero-order chi connectivity index (χ0) is 8.81. The topological polar surface area (TPSA) is 26.3 Å². The van der Waals surface area contributed by atoms with Gasteiger partial charge in [0.15, 0.2) is 0 Å². The molecule has 0 spiro atoms. The van der Waals surface area contributed by atoms with E-state index in [4.69, 9.17) is 4.74 Å². The SMILES string of the molecule is CCCCCC[C]1CCOC1=O. The summed E-state index contributed by atoms with van der Waals surface area (Å²) in [7, 11) is 0. The number of ether oxygens (including phenoxy) is 1. The Morgan fingerprint density at radius 3 is 2.75 bits per heavy atom. The smallest absolute Gasteiger partial charge is 0.313 e. The molecular formula is C10H17O2. The Kier molecular flexibility index (Phi) is 4.12. The summed E-state index contributed by atoms with van der Waals surface area (Å²) in [5.41, 5.74) is 0. The minimum Gasteiger partial charge on any atom is -0.465 e. The Morgan fingerprint density at radius 1 is 1.33 bits per heavy atom. The molecule has 1 aliphatic heterocycles. The van der Waals surface area contributed by atoms with Crippen molar-refractivity contribution in [3.05, 3.63) is 5.92 Å². The zero-order valence-corrected chi connectivity index (χ0v) is 7.77. The highest BCUT2D eigenvalue weighted by atomic mass is 16.5. The Hall–Kier alpha value is -0.530. The number of carbonyl (C=O) groups is 1.